The van der Waals surface area contributed by atoms with Gasteiger partial charge in [-0.15, -0.1) is 17.7 Å². The van der Waals surface area contributed by atoms with Gasteiger partial charge in [-0.1, -0.05) is 5.92 Å². The van der Waals surface area contributed by atoms with Crippen molar-refractivity contribution in [2.45, 2.75) is 37.2 Å². The van der Waals surface area contributed by atoms with E-state index in [0.717, 1.165) is 5.25 Å². The van der Waals surface area contributed by atoms with Crippen molar-refractivity contribution >= 4 is 11.8 Å². The number of hydrogen-bond donors (Lipinski definition) is 0. The summed E-state index contributed by atoms with van der Waals surface area (Å²) in [5, 5.41) is 1.50. The summed E-state index contributed by atoms with van der Waals surface area (Å²) in [5.74, 6) is 6.06. The third-order valence-electron chi connectivity index (χ3n) is 1.27. The first-order valence-corrected chi connectivity index (χ1v) is 4.35. The van der Waals surface area contributed by atoms with Crippen LogP contribution in [0.3, 0.4) is 0 Å². The van der Waals surface area contributed by atoms with E-state index in [1.54, 1.807) is 0 Å². The summed E-state index contributed by atoms with van der Waals surface area (Å²) >= 11 is 2.02. The minimum Gasteiger partial charge on any atom is -0.142 e. The van der Waals surface area contributed by atoms with Crippen LogP contribution in [0.25, 0.3) is 0 Å². The highest BCUT2D eigenvalue weighted by Gasteiger charge is 2.23. The zero-order chi connectivity index (χ0) is 6.69. The van der Waals surface area contributed by atoms with E-state index in [2.05, 4.69) is 18.8 Å². The molecule has 1 unspecified atom stereocenters. The number of thioether (sulfide) groups is 1. The van der Waals surface area contributed by atoms with Crippen LogP contribution in [0.5, 0.6) is 0 Å². The summed E-state index contributed by atoms with van der Waals surface area (Å²) in [4.78, 5) is 0. The summed E-state index contributed by atoms with van der Waals surface area (Å²) in [6.07, 6.45) is 2.83. The molecule has 1 rings (SSSR count). The molecule has 0 aromatic heterocycles. The molecule has 1 aliphatic carbocycles. The van der Waals surface area contributed by atoms with Crippen molar-refractivity contribution < 1.29 is 0 Å². The minimum atomic E-state index is 0.558. The molecule has 50 valence electrons. The Morgan fingerprint density at radius 3 is 2.67 bits per heavy atom. The van der Waals surface area contributed by atoms with Gasteiger partial charge >= 0.3 is 0 Å². The van der Waals surface area contributed by atoms with E-state index in [0.29, 0.717) is 5.25 Å². The summed E-state index contributed by atoms with van der Waals surface area (Å²) in [5.41, 5.74) is 0. The van der Waals surface area contributed by atoms with Gasteiger partial charge in [-0.05, 0) is 26.7 Å². The van der Waals surface area contributed by atoms with Crippen LogP contribution in [-0.4, -0.2) is 10.5 Å². The standard InChI is InChI=1S/C8H12S/c1-3-4-7(2)9-8-5-6-8/h7-8H,5-6H2,1-2H3. The molecule has 0 saturated heterocycles. The van der Waals surface area contributed by atoms with E-state index < -0.39 is 0 Å². The third-order valence-corrected chi connectivity index (χ3v) is 2.65. The van der Waals surface area contributed by atoms with E-state index in [4.69, 9.17) is 0 Å². The molecule has 0 amide bonds. The number of rotatable bonds is 2. The van der Waals surface area contributed by atoms with E-state index >= 15 is 0 Å². The normalized spacial score (nSPS) is 20.2. The van der Waals surface area contributed by atoms with Crippen molar-refractivity contribution in [3.63, 3.8) is 0 Å². The van der Waals surface area contributed by atoms with Gasteiger partial charge < -0.3 is 0 Å². The fourth-order valence-electron chi connectivity index (χ4n) is 0.730. The second kappa shape index (κ2) is 3.17. The molecule has 9 heavy (non-hydrogen) atoms. The monoisotopic (exact) mass is 140 g/mol. The Morgan fingerprint density at radius 1 is 1.56 bits per heavy atom. The van der Waals surface area contributed by atoms with Crippen LogP contribution in [-0.2, 0) is 0 Å². The summed E-state index contributed by atoms with van der Waals surface area (Å²) in [6.45, 7) is 4.09. The van der Waals surface area contributed by atoms with Gasteiger partial charge in [0.1, 0.15) is 0 Å². The van der Waals surface area contributed by atoms with Crippen molar-refractivity contribution in [1.29, 1.82) is 0 Å². The molecule has 1 fully saturated rings. The SMILES string of the molecule is CC#CC(C)SC1CC1. The average Bonchev–Trinajstić information content (AvgIpc) is 2.50. The Kier molecular flexibility index (Phi) is 2.48. The molecular formula is C8H12S. The Balaban J connectivity index is 2.14. The predicted octanol–water partition coefficient (Wildman–Crippen LogP) is 2.29. The molecule has 0 radical (unpaired) electrons. The lowest BCUT2D eigenvalue weighted by atomic mass is 10.5. The molecule has 1 atom stereocenters. The molecule has 1 aliphatic rings. The highest BCUT2D eigenvalue weighted by Crippen LogP contribution is 2.36. The fraction of sp³-hybridized carbons (Fsp3) is 0.750. The first-order chi connectivity index (χ1) is 4.33. The van der Waals surface area contributed by atoms with Gasteiger partial charge in [0.05, 0.1) is 5.25 Å². The van der Waals surface area contributed by atoms with Crippen LogP contribution in [0.1, 0.15) is 26.7 Å². The smallest absolute Gasteiger partial charge is 0.0631 e. The first-order valence-electron chi connectivity index (χ1n) is 3.40. The van der Waals surface area contributed by atoms with Crippen molar-refractivity contribution in [2.24, 2.45) is 0 Å². The lowest BCUT2D eigenvalue weighted by Crippen LogP contribution is -1.91. The van der Waals surface area contributed by atoms with Gasteiger partial charge in [-0.2, -0.15) is 0 Å². The predicted molar refractivity (Wildman–Crippen MR) is 43.5 cm³/mol. The lowest BCUT2D eigenvalue weighted by molar-refractivity contribution is 1.28. The Bertz CT molecular complexity index is 136. The molecule has 1 heteroatoms. The minimum absolute atomic E-state index is 0.558. The van der Waals surface area contributed by atoms with Crippen LogP contribution in [0.15, 0.2) is 0 Å². The van der Waals surface area contributed by atoms with Gasteiger partial charge in [0, 0.05) is 5.25 Å². The largest absolute Gasteiger partial charge is 0.142 e. The molecule has 0 bridgehead atoms. The average molecular weight is 140 g/mol. The van der Waals surface area contributed by atoms with Crippen LogP contribution >= 0.6 is 11.8 Å². The van der Waals surface area contributed by atoms with Crippen molar-refractivity contribution in [3.8, 4) is 11.8 Å². The maximum Gasteiger partial charge on any atom is 0.0631 e. The molecule has 0 aromatic rings. The van der Waals surface area contributed by atoms with Gasteiger partial charge in [-0.3, -0.25) is 0 Å². The Hall–Kier alpha value is -0.0900. The van der Waals surface area contributed by atoms with Crippen molar-refractivity contribution in [3.05, 3.63) is 0 Å². The topological polar surface area (TPSA) is 0 Å². The summed E-state index contributed by atoms with van der Waals surface area (Å²) < 4.78 is 0. The van der Waals surface area contributed by atoms with Crippen molar-refractivity contribution in [2.75, 3.05) is 0 Å². The molecule has 0 heterocycles. The van der Waals surface area contributed by atoms with Gasteiger partial charge in [0.15, 0.2) is 0 Å². The molecule has 0 aliphatic heterocycles. The lowest BCUT2D eigenvalue weighted by Gasteiger charge is -1.98. The maximum atomic E-state index is 3.13. The van der Waals surface area contributed by atoms with E-state index in [9.17, 15) is 0 Å². The van der Waals surface area contributed by atoms with Gasteiger partial charge in [0.2, 0.25) is 0 Å². The van der Waals surface area contributed by atoms with E-state index in [-0.39, 0.29) is 0 Å². The van der Waals surface area contributed by atoms with Gasteiger partial charge in [0.25, 0.3) is 0 Å². The van der Waals surface area contributed by atoms with E-state index in [1.807, 2.05) is 18.7 Å². The molecule has 0 N–H and O–H groups in total. The highest BCUT2D eigenvalue weighted by atomic mass is 32.2. The zero-order valence-corrected chi connectivity index (χ0v) is 6.79. The van der Waals surface area contributed by atoms with Crippen molar-refractivity contribution in [1.82, 2.24) is 0 Å². The maximum absolute atomic E-state index is 3.13. The fourth-order valence-corrected chi connectivity index (χ4v) is 1.90. The second-order valence-electron chi connectivity index (χ2n) is 2.37. The van der Waals surface area contributed by atoms with Crippen LogP contribution in [0.4, 0.5) is 0 Å². The number of hydrogen-bond acceptors (Lipinski definition) is 1. The third kappa shape index (κ3) is 2.81. The van der Waals surface area contributed by atoms with Crippen LogP contribution in [0.2, 0.25) is 0 Å². The Labute approximate surface area is 61.4 Å². The second-order valence-corrected chi connectivity index (χ2v) is 4.02. The molecule has 1 saturated carbocycles. The quantitative estimate of drug-likeness (QED) is 0.530. The van der Waals surface area contributed by atoms with Crippen LogP contribution < -0.4 is 0 Å². The Morgan fingerprint density at radius 2 is 2.22 bits per heavy atom. The van der Waals surface area contributed by atoms with E-state index in [1.165, 1.54) is 12.8 Å². The highest BCUT2D eigenvalue weighted by molar-refractivity contribution is 8.01. The molecule has 0 aromatic carbocycles. The molecular weight excluding hydrogens is 128 g/mol. The summed E-state index contributed by atoms with van der Waals surface area (Å²) in [7, 11) is 0. The summed E-state index contributed by atoms with van der Waals surface area (Å²) in [6, 6.07) is 0. The zero-order valence-electron chi connectivity index (χ0n) is 5.98. The van der Waals surface area contributed by atoms with Gasteiger partial charge in [-0.25, -0.2) is 0 Å². The first kappa shape index (κ1) is 7.02. The molecule has 0 nitrogen and oxygen atoms in total. The molecule has 0 spiro atoms. The van der Waals surface area contributed by atoms with Crippen LogP contribution in [0, 0.1) is 11.8 Å².